The van der Waals surface area contributed by atoms with E-state index >= 15 is 0 Å². The molecule has 7 nitrogen and oxygen atoms in total. The van der Waals surface area contributed by atoms with Crippen molar-refractivity contribution in [1.82, 2.24) is 15.5 Å². The molecule has 27 heavy (non-hydrogen) atoms. The average molecular weight is 366 g/mol. The van der Waals surface area contributed by atoms with E-state index in [1.54, 1.807) is 7.11 Å². The molecule has 0 saturated heterocycles. The molecular weight excluding hydrogens is 344 g/mol. The van der Waals surface area contributed by atoms with Crippen LogP contribution in [-0.2, 0) is 6.42 Å². The Morgan fingerprint density at radius 1 is 1.11 bits per heavy atom. The normalized spacial score (nSPS) is 10.5. The van der Waals surface area contributed by atoms with E-state index in [0.717, 1.165) is 22.6 Å². The van der Waals surface area contributed by atoms with Gasteiger partial charge in [0.1, 0.15) is 5.75 Å². The van der Waals surface area contributed by atoms with Crippen LogP contribution in [0.5, 0.6) is 5.75 Å². The molecule has 0 fully saturated rings. The first-order chi connectivity index (χ1) is 13.1. The van der Waals surface area contributed by atoms with Crippen LogP contribution in [0, 0.1) is 0 Å². The lowest BCUT2D eigenvalue weighted by molar-refractivity contribution is 0.0910. The third-order valence-corrected chi connectivity index (χ3v) is 4.12. The second-order valence-corrected chi connectivity index (χ2v) is 6.22. The molecule has 0 saturated carbocycles. The van der Waals surface area contributed by atoms with Crippen molar-refractivity contribution in [2.75, 3.05) is 32.6 Å². The lowest BCUT2D eigenvalue weighted by Crippen LogP contribution is -2.26. The molecule has 0 aliphatic carbocycles. The predicted molar refractivity (Wildman–Crippen MR) is 103 cm³/mol. The molecule has 1 N–H and O–H groups in total. The van der Waals surface area contributed by atoms with Gasteiger partial charge in [-0.1, -0.05) is 17.3 Å². The Morgan fingerprint density at radius 2 is 1.81 bits per heavy atom. The van der Waals surface area contributed by atoms with E-state index in [1.165, 1.54) is 0 Å². The van der Waals surface area contributed by atoms with Gasteiger partial charge in [-0.2, -0.15) is 4.98 Å². The minimum absolute atomic E-state index is 0.0450. The van der Waals surface area contributed by atoms with Crippen LogP contribution in [-0.4, -0.2) is 43.8 Å². The molecule has 1 aromatic heterocycles. The summed E-state index contributed by atoms with van der Waals surface area (Å²) in [5, 5.41) is 6.68. The Labute approximate surface area is 158 Å². The fourth-order valence-electron chi connectivity index (χ4n) is 2.53. The fourth-order valence-corrected chi connectivity index (χ4v) is 2.53. The number of hydrogen-bond acceptors (Lipinski definition) is 6. The van der Waals surface area contributed by atoms with Gasteiger partial charge in [-0.3, -0.25) is 4.79 Å². The lowest BCUT2D eigenvalue weighted by Gasteiger charge is -2.11. The number of methoxy groups -OCH3 is 1. The van der Waals surface area contributed by atoms with Crippen molar-refractivity contribution < 1.29 is 14.1 Å². The number of aromatic nitrogens is 2. The van der Waals surface area contributed by atoms with Gasteiger partial charge in [0.25, 0.3) is 0 Å². The standard InChI is InChI=1S/C20H22N4O3/c1-24(2)16-8-6-15(7-9-16)18-22-20(27-23-18)19(25)21-13-12-14-4-10-17(26-3)11-5-14/h4-11H,12-13H2,1-3H3,(H,21,25). The summed E-state index contributed by atoms with van der Waals surface area (Å²) >= 11 is 0. The maximum atomic E-state index is 12.2. The molecule has 0 spiro atoms. The van der Waals surface area contributed by atoms with Gasteiger partial charge in [0.15, 0.2) is 0 Å². The summed E-state index contributed by atoms with van der Waals surface area (Å²) < 4.78 is 10.2. The summed E-state index contributed by atoms with van der Waals surface area (Å²) in [6.45, 7) is 0.473. The fraction of sp³-hybridized carbons (Fsp3) is 0.250. The molecule has 0 aliphatic heterocycles. The second-order valence-electron chi connectivity index (χ2n) is 6.22. The third kappa shape index (κ3) is 4.63. The molecule has 1 heterocycles. The average Bonchev–Trinajstić information content (AvgIpc) is 3.19. The van der Waals surface area contributed by atoms with Gasteiger partial charge in [0.2, 0.25) is 5.82 Å². The number of carbonyl (C=O) groups is 1. The molecule has 2 aromatic carbocycles. The maximum Gasteiger partial charge on any atom is 0.316 e. The molecule has 0 atom stereocenters. The van der Waals surface area contributed by atoms with Gasteiger partial charge in [0.05, 0.1) is 7.11 Å². The Hall–Kier alpha value is -3.35. The van der Waals surface area contributed by atoms with Crippen molar-refractivity contribution in [3.8, 4) is 17.1 Å². The molecule has 0 unspecified atom stereocenters. The monoisotopic (exact) mass is 366 g/mol. The Morgan fingerprint density at radius 3 is 2.44 bits per heavy atom. The van der Waals surface area contributed by atoms with E-state index < -0.39 is 0 Å². The third-order valence-electron chi connectivity index (χ3n) is 4.12. The SMILES string of the molecule is COc1ccc(CCNC(=O)c2nc(-c3ccc(N(C)C)cc3)no2)cc1. The highest BCUT2D eigenvalue weighted by Gasteiger charge is 2.15. The number of anilines is 1. The van der Waals surface area contributed by atoms with Crippen LogP contribution in [0.25, 0.3) is 11.4 Å². The summed E-state index contributed by atoms with van der Waals surface area (Å²) in [4.78, 5) is 18.4. The number of nitrogens with zero attached hydrogens (tertiary/aromatic N) is 3. The van der Waals surface area contributed by atoms with E-state index in [4.69, 9.17) is 9.26 Å². The molecule has 3 rings (SSSR count). The number of rotatable bonds is 7. The number of hydrogen-bond donors (Lipinski definition) is 1. The molecule has 0 bridgehead atoms. The zero-order chi connectivity index (χ0) is 19.2. The molecule has 0 aliphatic rings. The predicted octanol–water partition coefficient (Wildman–Crippen LogP) is 2.78. The molecule has 7 heteroatoms. The van der Waals surface area contributed by atoms with Crippen molar-refractivity contribution >= 4 is 11.6 Å². The van der Waals surface area contributed by atoms with Crippen molar-refractivity contribution in [3.05, 3.63) is 60.0 Å². The number of carbonyl (C=O) groups excluding carboxylic acids is 1. The minimum Gasteiger partial charge on any atom is -0.497 e. The lowest BCUT2D eigenvalue weighted by atomic mass is 10.1. The first-order valence-corrected chi connectivity index (χ1v) is 8.59. The van der Waals surface area contributed by atoms with Gasteiger partial charge in [-0.05, 0) is 48.4 Å². The highest BCUT2D eigenvalue weighted by molar-refractivity contribution is 5.89. The van der Waals surface area contributed by atoms with Crippen LogP contribution in [0.15, 0.2) is 53.1 Å². The summed E-state index contributed by atoms with van der Waals surface area (Å²) in [6, 6.07) is 15.4. The van der Waals surface area contributed by atoms with Crippen molar-refractivity contribution in [2.24, 2.45) is 0 Å². The second kappa shape index (κ2) is 8.35. The molecule has 1 amide bonds. The number of nitrogens with one attached hydrogen (secondary N) is 1. The van der Waals surface area contributed by atoms with Gasteiger partial charge >= 0.3 is 11.8 Å². The molecule has 3 aromatic rings. The van der Waals surface area contributed by atoms with E-state index in [1.807, 2.05) is 67.5 Å². The van der Waals surface area contributed by atoms with Crippen molar-refractivity contribution in [3.63, 3.8) is 0 Å². The van der Waals surface area contributed by atoms with Gasteiger partial charge in [-0.25, -0.2) is 0 Å². The topological polar surface area (TPSA) is 80.5 Å². The van der Waals surface area contributed by atoms with E-state index in [9.17, 15) is 4.79 Å². The van der Waals surface area contributed by atoms with Crippen LogP contribution >= 0.6 is 0 Å². The maximum absolute atomic E-state index is 12.2. The van der Waals surface area contributed by atoms with Gasteiger partial charge in [0, 0.05) is 31.9 Å². The Bertz CT molecular complexity index is 886. The van der Waals surface area contributed by atoms with Crippen molar-refractivity contribution in [2.45, 2.75) is 6.42 Å². The number of amides is 1. The smallest absolute Gasteiger partial charge is 0.316 e. The first-order valence-electron chi connectivity index (χ1n) is 8.59. The van der Waals surface area contributed by atoms with Gasteiger partial charge < -0.3 is 19.5 Å². The summed E-state index contributed by atoms with van der Waals surface area (Å²) in [6.07, 6.45) is 0.697. The van der Waals surface area contributed by atoms with Crippen LogP contribution < -0.4 is 15.0 Å². The highest BCUT2D eigenvalue weighted by atomic mass is 16.5. The van der Waals surface area contributed by atoms with Crippen LogP contribution in [0.2, 0.25) is 0 Å². The minimum atomic E-state index is -0.382. The largest absolute Gasteiger partial charge is 0.497 e. The van der Waals surface area contributed by atoms with E-state index in [0.29, 0.717) is 18.8 Å². The van der Waals surface area contributed by atoms with Crippen molar-refractivity contribution in [1.29, 1.82) is 0 Å². The summed E-state index contributed by atoms with van der Waals surface area (Å²) in [5.41, 5.74) is 2.96. The van der Waals surface area contributed by atoms with Gasteiger partial charge in [-0.15, -0.1) is 0 Å². The molecular formula is C20H22N4O3. The Kier molecular flexibility index (Phi) is 5.71. The van der Waals surface area contributed by atoms with Crippen LogP contribution in [0.3, 0.4) is 0 Å². The summed E-state index contributed by atoms with van der Waals surface area (Å²) in [5.74, 6) is 0.768. The number of ether oxygens (including phenoxy) is 1. The molecule has 140 valence electrons. The highest BCUT2D eigenvalue weighted by Crippen LogP contribution is 2.20. The quantitative estimate of drug-likeness (QED) is 0.693. The zero-order valence-electron chi connectivity index (χ0n) is 15.6. The van der Waals surface area contributed by atoms with Crippen LogP contribution in [0.4, 0.5) is 5.69 Å². The first kappa shape index (κ1) is 18.4. The zero-order valence-corrected chi connectivity index (χ0v) is 15.6. The van der Waals surface area contributed by atoms with E-state index in [-0.39, 0.29) is 11.8 Å². The number of benzene rings is 2. The Balaban J connectivity index is 1.56. The van der Waals surface area contributed by atoms with E-state index in [2.05, 4.69) is 15.5 Å². The molecule has 0 radical (unpaired) electrons. The summed E-state index contributed by atoms with van der Waals surface area (Å²) in [7, 11) is 5.57. The van der Waals surface area contributed by atoms with Crippen LogP contribution in [0.1, 0.15) is 16.2 Å².